The van der Waals surface area contributed by atoms with E-state index < -0.39 is 177 Å². The van der Waals surface area contributed by atoms with Crippen LogP contribution in [0.25, 0.3) is 110 Å². The molecular formula is C54H34N2O. The molecular weight excluding hydrogens is 693 g/mol. The maximum absolute atomic E-state index is 9.91. The molecule has 3 heterocycles. The van der Waals surface area contributed by atoms with E-state index in [2.05, 4.69) is 0 Å². The van der Waals surface area contributed by atoms with Gasteiger partial charge in [0, 0.05) is 49.7 Å². The molecule has 0 saturated heterocycles. The topological polar surface area (TPSA) is 23.0 Å². The number of aromatic nitrogens is 2. The molecule has 0 atom stereocenters. The van der Waals surface area contributed by atoms with Crippen molar-refractivity contribution in [1.29, 1.82) is 0 Å². The van der Waals surface area contributed by atoms with E-state index in [0.717, 1.165) is 16.7 Å². The highest BCUT2D eigenvalue weighted by Crippen LogP contribution is 2.40. The first kappa shape index (κ1) is 16.2. The molecule has 0 aliphatic carbocycles. The van der Waals surface area contributed by atoms with E-state index in [1.165, 1.54) is 22.8 Å². The van der Waals surface area contributed by atoms with Crippen LogP contribution in [0.2, 0.25) is 0 Å². The minimum atomic E-state index is -0.818. The van der Waals surface area contributed by atoms with Crippen LogP contribution in [0.5, 0.6) is 0 Å². The quantitative estimate of drug-likeness (QED) is 0.172. The Morgan fingerprint density at radius 1 is 0.316 bits per heavy atom. The second-order valence-corrected chi connectivity index (χ2v) is 13.0. The molecule has 0 saturated carbocycles. The second kappa shape index (κ2) is 12.5. The maximum atomic E-state index is 9.91. The van der Waals surface area contributed by atoms with Crippen LogP contribution in [-0.2, 0) is 0 Å². The summed E-state index contributed by atoms with van der Waals surface area (Å²) in [5.41, 5.74) is -4.39. The standard InChI is InChI=1S/C54H34N2O/c1-3-12-35(13-4-1)36-14-11-15-37(30-36)40-22-26-45-46-27-25-42(34-54(46)57-53(45)33-40)56-50-21-10-8-19-44(50)48-32-39(24-29-52(48)56)38-23-28-51-47(31-38)43-18-7-9-20-49(43)55(51)41-16-5-2-6-17-41/h1-34H/i3D,7D,8D,9D,10D,11D,13D,14D,18D,19D,20D,21D,22D,23D,24D,25D,26D,27D,28D,30D,31D,32D,33D,34D. The molecule has 57 heavy (non-hydrogen) atoms. The average Bonchev–Trinajstić information content (AvgIpc) is 1.99. The zero-order valence-corrected chi connectivity index (χ0v) is 29.1. The first-order valence-corrected chi connectivity index (χ1v) is 17.6. The number of fused-ring (bicyclic) bond motifs is 9. The molecule has 0 spiro atoms. The first-order chi connectivity index (χ1) is 38.3. The van der Waals surface area contributed by atoms with Gasteiger partial charge in [0.25, 0.3) is 0 Å². The normalized spacial score (nSPS) is 17.8. The van der Waals surface area contributed by atoms with Crippen molar-refractivity contribution < 1.29 is 37.3 Å². The number of furan rings is 1. The van der Waals surface area contributed by atoms with E-state index in [4.69, 9.17) is 18.1 Å². The molecule has 0 N–H and O–H groups in total. The van der Waals surface area contributed by atoms with Crippen LogP contribution in [0.3, 0.4) is 0 Å². The van der Waals surface area contributed by atoms with Crippen molar-refractivity contribution in [3.05, 3.63) is 206 Å². The van der Waals surface area contributed by atoms with Gasteiger partial charge in [0.05, 0.1) is 55.0 Å². The van der Waals surface area contributed by atoms with Crippen LogP contribution in [0.1, 0.15) is 32.9 Å². The minimum Gasteiger partial charge on any atom is -0.456 e. The fourth-order valence-electron chi connectivity index (χ4n) is 7.19. The summed E-state index contributed by atoms with van der Waals surface area (Å²) in [4.78, 5) is 0. The van der Waals surface area contributed by atoms with Crippen molar-refractivity contribution in [3.8, 4) is 44.8 Å². The molecule has 0 amide bonds. The number of hydrogen-bond acceptors (Lipinski definition) is 1. The highest BCUT2D eigenvalue weighted by atomic mass is 16.3. The third-order valence-corrected chi connectivity index (χ3v) is 9.74. The van der Waals surface area contributed by atoms with E-state index in [1.54, 1.807) is 30.3 Å². The first-order valence-electron chi connectivity index (χ1n) is 29.6. The molecule has 266 valence electrons. The molecule has 3 nitrogen and oxygen atoms in total. The third-order valence-electron chi connectivity index (χ3n) is 9.74. The third kappa shape index (κ3) is 4.99. The van der Waals surface area contributed by atoms with Crippen molar-refractivity contribution in [1.82, 2.24) is 9.13 Å². The highest BCUT2D eigenvalue weighted by molar-refractivity contribution is 6.13. The van der Waals surface area contributed by atoms with Gasteiger partial charge in [-0.25, -0.2) is 0 Å². The number of rotatable bonds is 5. The lowest BCUT2D eigenvalue weighted by molar-refractivity contribution is 0.669. The number of benzene rings is 9. The fourth-order valence-corrected chi connectivity index (χ4v) is 7.19. The van der Waals surface area contributed by atoms with Crippen molar-refractivity contribution in [2.45, 2.75) is 0 Å². The monoisotopic (exact) mass is 750 g/mol. The lowest BCUT2D eigenvalue weighted by Gasteiger charge is -2.09. The van der Waals surface area contributed by atoms with Crippen LogP contribution in [0, 0.1) is 0 Å². The van der Waals surface area contributed by atoms with Gasteiger partial charge in [-0.05, 0) is 112 Å². The van der Waals surface area contributed by atoms with E-state index >= 15 is 0 Å². The smallest absolute Gasteiger partial charge is 0.137 e. The van der Waals surface area contributed by atoms with Crippen LogP contribution >= 0.6 is 0 Å². The predicted molar refractivity (Wildman–Crippen MR) is 239 cm³/mol. The minimum absolute atomic E-state index is 0.0498. The molecule has 0 radical (unpaired) electrons. The van der Waals surface area contributed by atoms with Crippen molar-refractivity contribution in [2.24, 2.45) is 0 Å². The molecule has 3 heteroatoms. The fraction of sp³-hybridized carbons (Fsp3) is 0. The SMILES string of the molecule is [2H]c1ccc([2H])c(-c2c([2H])c([2H])cc(-c3c([2H])c([2H])c4c(oc5c([2H])c(-n6c7cc([2H])c(-c8c([2H])c([2H])c9c(c8[2H])c8c([2H])c([2H])c([2H])c([2H])c8n9-c8ccccc8)c([2H])c7c7c([2H])c([2H])c([2H])c([2H])c76)c([2H])c([2H])c54)c3[2H])c2[2H])c1. The van der Waals surface area contributed by atoms with Crippen molar-refractivity contribution in [2.75, 3.05) is 0 Å². The van der Waals surface area contributed by atoms with Crippen molar-refractivity contribution >= 4 is 65.6 Å². The molecule has 0 aliphatic rings. The van der Waals surface area contributed by atoms with E-state index in [9.17, 15) is 19.2 Å². The second-order valence-electron chi connectivity index (χ2n) is 13.0. The molecule has 0 aliphatic heterocycles. The van der Waals surface area contributed by atoms with Gasteiger partial charge in [0.2, 0.25) is 0 Å². The molecule has 0 unspecified atom stereocenters. The van der Waals surface area contributed by atoms with Gasteiger partial charge in [0.15, 0.2) is 0 Å². The van der Waals surface area contributed by atoms with Gasteiger partial charge in [-0.3, -0.25) is 0 Å². The summed E-state index contributed by atoms with van der Waals surface area (Å²) < 4.78 is 228. The van der Waals surface area contributed by atoms with E-state index in [0.29, 0.717) is 5.69 Å². The van der Waals surface area contributed by atoms with Gasteiger partial charge in [-0.2, -0.15) is 0 Å². The Kier molecular flexibility index (Phi) is 3.55. The Balaban J connectivity index is 1.16. The predicted octanol–water partition coefficient (Wildman–Crippen LogP) is 14.8. The Hall–Kier alpha value is -7.62. The zero-order valence-electron chi connectivity index (χ0n) is 53.1. The average molecular weight is 751 g/mol. The molecule has 12 rings (SSSR count). The highest BCUT2D eigenvalue weighted by Gasteiger charge is 2.17. The van der Waals surface area contributed by atoms with Gasteiger partial charge in [0.1, 0.15) is 11.2 Å². The van der Waals surface area contributed by atoms with Gasteiger partial charge < -0.3 is 13.6 Å². The molecule has 12 aromatic rings. The Morgan fingerprint density at radius 2 is 0.947 bits per heavy atom. The summed E-state index contributed by atoms with van der Waals surface area (Å²) in [6.07, 6.45) is 0. The van der Waals surface area contributed by atoms with Crippen LogP contribution < -0.4 is 0 Å². The summed E-state index contributed by atoms with van der Waals surface area (Å²) in [6, 6.07) is -0.709. The molecule has 0 bridgehead atoms. The molecule has 0 fully saturated rings. The summed E-state index contributed by atoms with van der Waals surface area (Å²) in [5, 5.41) is -1.91. The number of hydrogen-bond donors (Lipinski definition) is 0. The van der Waals surface area contributed by atoms with Gasteiger partial charge >= 0.3 is 0 Å². The van der Waals surface area contributed by atoms with E-state index in [1.807, 2.05) is 0 Å². The summed E-state index contributed by atoms with van der Waals surface area (Å²) in [7, 11) is 0. The van der Waals surface area contributed by atoms with Crippen molar-refractivity contribution in [3.63, 3.8) is 0 Å². The maximum Gasteiger partial charge on any atom is 0.137 e. The Bertz CT molecular complexity index is 4930. The molecule has 9 aromatic carbocycles. The largest absolute Gasteiger partial charge is 0.456 e. The summed E-state index contributed by atoms with van der Waals surface area (Å²) in [6.45, 7) is 0. The van der Waals surface area contributed by atoms with Crippen LogP contribution in [-0.4, -0.2) is 9.13 Å². The molecule has 3 aromatic heterocycles. The van der Waals surface area contributed by atoms with Gasteiger partial charge in [-0.15, -0.1) is 0 Å². The Labute approximate surface area is 362 Å². The lowest BCUT2D eigenvalue weighted by Crippen LogP contribution is -1.93. The summed E-state index contributed by atoms with van der Waals surface area (Å²) >= 11 is 0. The van der Waals surface area contributed by atoms with Crippen LogP contribution in [0.15, 0.2) is 210 Å². The Morgan fingerprint density at radius 3 is 1.77 bits per heavy atom. The lowest BCUT2D eigenvalue weighted by atomic mass is 9.98. The van der Waals surface area contributed by atoms with Gasteiger partial charge in [-0.1, -0.05) is 121 Å². The zero-order chi connectivity index (χ0) is 58.3. The summed E-state index contributed by atoms with van der Waals surface area (Å²) in [5.74, 6) is 0. The number of nitrogens with zero attached hydrogens (tertiary/aromatic N) is 2. The van der Waals surface area contributed by atoms with E-state index in [-0.39, 0.29) is 72.3 Å². The number of para-hydroxylation sites is 3. The van der Waals surface area contributed by atoms with Crippen LogP contribution in [0.4, 0.5) is 0 Å².